The molecule has 1 aliphatic carbocycles. The average molecular weight is 269 g/mol. The molecule has 0 radical (unpaired) electrons. The van der Waals surface area contributed by atoms with Crippen LogP contribution < -0.4 is 0 Å². The Balaban J connectivity index is 2.32. The van der Waals surface area contributed by atoms with Crippen LogP contribution in [0.3, 0.4) is 0 Å². The molecule has 1 nitrogen and oxygen atoms in total. The first-order valence-corrected chi connectivity index (χ1v) is 7.44. The molecule has 0 aromatic heterocycles. The average Bonchev–Trinajstić information content (AvgIpc) is 2.63. The fourth-order valence-corrected chi connectivity index (χ4v) is 2.70. The van der Waals surface area contributed by atoms with Crippen LogP contribution in [0.5, 0.6) is 0 Å². The van der Waals surface area contributed by atoms with E-state index in [0.717, 1.165) is 30.3 Å². The van der Waals surface area contributed by atoms with Crippen molar-refractivity contribution in [2.24, 2.45) is 11.8 Å². The highest BCUT2D eigenvalue weighted by atomic mass is 35.5. The summed E-state index contributed by atoms with van der Waals surface area (Å²) in [6, 6.07) is 0. The first kappa shape index (κ1) is 15.5. The van der Waals surface area contributed by atoms with Gasteiger partial charge in [0.05, 0.1) is 0 Å². The maximum absolute atomic E-state index is 10.8. The molecule has 0 fully saturated rings. The van der Waals surface area contributed by atoms with E-state index in [2.05, 4.69) is 26.8 Å². The molecule has 0 aromatic rings. The molecule has 0 saturated carbocycles. The van der Waals surface area contributed by atoms with Gasteiger partial charge < -0.3 is 0 Å². The Morgan fingerprint density at radius 2 is 2.06 bits per heavy atom. The van der Waals surface area contributed by atoms with Gasteiger partial charge in [0.1, 0.15) is 0 Å². The molecular formula is C16H25ClO. The molecule has 2 heteroatoms. The van der Waals surface area contributed by atoms with Gasteiger partial charge in [-0.3, -0.25) is 4.79 Å². The van der Waals surface area contributed by atoms with Gasteiger partial charge in [-0.15, -0.1) is 0 Å². The van der Waals surface area contributed by atoms with Crippen LogP contribution in [0.1, 0.15) is 59.3 Å². The third-order valence-electron chi connectivity index (χ3n) is 3.51. The maximum atomic E-state index is 10.8. The number of hydrogen-bond acceptors (Lipinski definition) is 1. The maximum Gasteiger partial charge on any atom is 0.245 e. The molecule has 0 amide bonds. The van der Waals surface area contributed by atoms with E-state index in [1.165, 1.54) is 31.3 Å². The molecule has 0 aliphatic heterocycles. The van der Waals surface area contributed by atoms with Crippen LogP contribution in [0, 0.1) is 11.8 Å². The van der Waals surface area contributed by atoms with Crippen LogP contribution in [0.25, 0.3) is 0 Å². The quantitative estimate of drug-likeness (QED) is 0.455. The van der Waals surface area contributed by atoms with Gasteiger partial charge >= 0.3 is 0 Å². The number of carbonyl (C=O) groups is 1. The van der Waals surface area contributed by atoms with Crippen molar-refractivity contribution in [1.82, 2.24) is 0 Å². The highest BCUT2D eigenvalue weighted by molar-refractivity contribution is 6.66. The highest BCUT2D eigenvalue weighted by Gasteiger charge is 2.13. The fourth-order valence-electron chi connectivity index (χ4n) is 2.56. The molecule has 1 atom stereocenters. The number of halogens is 1. The molecule has 102 valence electrons. The minimum absolute atomic E-state index is 0.354. The Hall–Kier alpha value is -0.560. The van der Waals surface area contributed by atoms with Gasteiger partial charge in [-0.25, -0.2) is 0 Å². The first-order valence-electron chi connectivity index (χ1n) is 7.07. The second-order valence-electron chi connectivity index (χ2n) is 5.96. The van der Waals surface area contributed by atoms with Gasteiger partial charge in [0.15, 0.2) is 0 Å². The molecule has 1 unspecified atom stereocenters. The Morgan fingerprint density at radius 1 is 1.33 bits per heavy atom. The van der Waals surface area contributed by atoms with E-state index >= 15 is 0 Å². The van der Waals surface area contributed by atoms with Crippen LogP contribution in [-0.4, -0.2) is 5.24 Å². The summed E-state index contributed by atoms with van der Waals surface area (Å²) in [5, 5.41) is -0.354. The zero-order chi connectivity index (χ0) is 13.5. The van der Waals surface area contributed by atoms with Crippen molar-refractivity contribution in [3.05, 3.63) is 23.3 Å². The largest absolute Gasteiger partial charge is 0.276 e. The van der Waals surface area contributed by atoms with Crippen molar-refractivity contribution in [2.45, 2.75) is 59.3 Å². The van der Waals surface area contributed by atoms with Crippen LogP contribution >= 0.6 is 11.6 Å². The topological polar surface area (TPSA) is 17.1 Å². The van der Waals surface area contributed by atoms with E-state index in [4.69, 9.17) is 11.6 Å². The second-order valence-corrected chi connectivity index (χ2v) is 6.33. The SMILES string of the molecule is CC(C)CCCC(C)CC1=C/C(=C/C(=O)Cl)CC1. The number of hydrogen-bond donors (Lipinski definition) is 0. The first-order chi connectivity index (χ1) is 8.47. The van der Waals surface area contributed by atoms with E-state index in [9.17, 15) is 4.79 Å². The summed E-state index contributed by atoms with van der Waals surface area (Å²) in [7, 11) is 0. The fraction of sp³-hybridized carbons (Fsp3) is 0.688. The van der Waals surface area contributed by atoms with Crippen molar-refractivity contribution < 1.29 is 4.79 Å². The summed E-state index contributed by atoms with van der Waals surface area (Å²) in [6.45, 7) is 6.89. The lowest BCUT2D eigenvalue weighted by molar-refractivity contribution is -0.107. The normalized spacial score (nSPS) is 19.4. The molecule has 18 heavy (non-hydrogen) atoms. The minimum Gasteiger partial charge on any atom is -0.276 e. The predicted molar refractivity (Wildman–Crippen MR) is 78.7 cm³/mol. The third kappa shape index (κ3) is 6.39. The summed E-state index contributed by atoms with van der Waals surface area (Å²) in [5.41, 5.74) is 2.58. The van der Waals surface area contributed by atoms with Crippen LogP contribution in [0.4, 0.5) is 0 Å². The Bertz CT molecular complexity index is 339. The van der Waals surface area contributed by atoms with Crippen LogP contribution in [0.2, 0.25) is 0 Å². The molecule has 0 aromatic carbocycles. The molecule has 0 spiro atoms. The molecule has 1 rings (SSSR count). The van der Waals surface area contributed by atoms with E-state index in [1.54, 1.807) is 6.08 Å². The molecular weight excluding hydrogens is 244 g/mol. The molecule has 0 saturated heterocycles. The number of allylic oxidation sites excluding steroid dienone is 4. The predicted octanol–water partition coefficient (Wildman–Crippen LogP) is 5.25. The Kier molecular flexibility index (Phi) is 6.70. The van der Waals surface area contributed by atoms with E-state index in [0.29, 0.717) is 0 Å². The van der Waals surface area contributed by atoms with Crippen molar-refractivity contribution in [3.63, 3.8) is 0 Å². The zero-order valence-corrected chi connectivity index (χ0v) is 12.6. The van der Waals surface area contributed by atoms with Crippen molar-refractivity contribution >= 4 is 16.8 Å². The van der Waals surface area contributed by atoms with Gasteiger partial charge in [0.25, 0.3) is 0 Å². The minimum atomic E-state index is -0.354. The van der Waals surface area contributed by atoms with Gasteiger partial charge in [-0.05, 0) is 48.3 Å². The molecule has 0 N–H and O–H groups in total. The van der Waals surface area contributed by atoms with Crippen molar-refractivity contribution in [3.8, 4) is 0 Å². The second kappa shape index (κ2) is 7.78. The van der Waals surface area contributed by atoms with Gasteiger partial charge in [-0.2, -0.15) is 0 Å². The standard InChI is InChI=1S/C16H25ClO/c1-12(2)5-4-6-13(3)9-14-7-8-15(10-14)11-16(17)18/h10-13H,4-9H2,1-3H3/b15-11+. The molecule has 1 aliphatic rings. The summed E-state index contributed by atoms with van der Waals surface area (Å²) >= 11 is 5.36. The van der Waals surface area contributed by atoms with Crippen LogP contribution in [0.15, 0.2) is 23.3 Å². The lowest BCUT2D eigenvalue weighted by Crippen LogP contribution is -1.97. The summed E-state index contributed by atoms with van der Waals surface area (Å²) in [5.74, 6) is 1.56. The van der Waals surface area contributed by atoms with Gasteiger partial charge in [-0.1, -0.05) is 51.7 Å². The van der Waals surface area contributed by atoms with Gasteiger partial charge in [0.2, 0.25) is 5.24 Å². The zero-order valence-electron chi connectivity index (χ0n) is 11.8. The van der Waals surface area contributed by atoms with E-state index < -0.39 is 0 Å². The lowest BCUT2D eigenvalue weighted by Gasteiger charge is -2.12. The smallest absolute Gasteiger partial charge is 0.245 e. The Morgan fingerprint density at radius 3 is 2.67 bits per heavy atom. The van der Waals surface area contributed by atoms with Gasteiger partial charge in [0, 0.05) is 6.08 Å². The van der Waals surface area contributed by atoms with E-state index in [-0.39, 0.29) is 5.24 Å². The summed E-state index contributed by atoms with van der Waals surface area (Å²) in [6.07, 6.45) is 10.9. The Labute approximate surface area is 116 Å². The van der Waals surface area contributed by atoms with Crippen LogP contribution in [-0.2, 0) is 4.79 Å². The van der Waals surface area contributed by atoms with Crippen molar-refractivity contribution in [2.75, 3.05) is 0 Å². The number of carbonyl (C=O) groups excluding carboxylic acids is 1. The number of rotatable bonds is 7. The van der Waals surface area contributed by atoms with E-state index in [1.807, 2.05) is 0 Å². The monoisotopic (exact) mass is 268 g/mol. The van der Waals surface area contributed by atoms with Crippen molar-refractivity contribution in [1.29, 1.82) is 0 Å². The molecule has 0 heterocycles. The molecule has 0 bridgehead atoms. The lowest BCUT2D eigenvalue weighted by atomic mass is 9.94. The third-order valence-corrected chi connectivity index (χ3v) is 3.62. The highest BCUT2D eigenvalue weighted by Crippen LogP contribution is 2.30. The summed E-state index contributed by atoms with van der Waals surface area (Å²) in [4.78, 5) is 10.8. The summed E-state index contributed by atoms with van der Waals surface area (Å²) < 4.78 is 0.